The summed E-state index contributed by atoms with van der Waals surface area (Å²) >= 11 is 0. The molecule has 2 aliphatic heterocycles. The number of aliphatic hydroxyl groups excluding tert-OH is 1. The largest absolute Gasteiger partial charge is 0.373 e. The van der Waals surface area contributed by atoms with Crippen molar-refractivity contribution < 1.29 is 19.3 Å². The molecule has 2 aliphatic rings. The standard InChI is InChI=1S/C8H14O4/c1-10-8-3-2-4-11-7(8)12-6(9)5-8/h6-7,9H,2-5H2,1H3. The van der Waals surface area contributed by atoms with Gasteiger partial charge in [-0.2, -0.15) is 0 Å². The van der Waals surface area contributed by atoms with Crippen LogP contribution in [0.2, 0.25) is 0 Å². The second-order valence-electron chi connectivity index (χ2n) is 3.37. The molecule has 12 heavy (non-hydrogen) atoms. The Balaban J connectivity index is 2.14. The average Bonchev–Trinajstić information content (AvgIpc) is 2.41. The van der Waals surface area contributed by atoms with Crippen LogP contribution in [0.5, 0.6) is 0 Å². The van der Waals surface area contributed by atoms with Gasteiger partial charge < -0.3 is 19.3 Å². The molecule has 0 radical (unpaired) electrons. The van der Waals surface area contributed by atoms with E-state index in [1.807, 2.05) is 0 Å². The van der Waals surface area contributed by atoms with Gasteiger partial charge in [0.1, 0.15) is 5.60 Å². The van der Waals surface area contributed by atoms with Crippen LogP contribution in [0.4, 0.5) is 0 Å². The molecule has 3 unspecified atom stereocenters. The first-order valence-electron chi connectivity index (χ1n) is 4.27. The fourth-order valence-electron chi connectivity index (χ4n) is 1.96. The van der Waals surface area contributed by atoms with E-state index >= 15 is 0 Å². The third kappa shape index (κ3) is 1.15. The molecule has 0 aliphatic carbocycles. The van der Waals surface area contributed by atoms with Crippen molar-refractivity contribution in [2.75, 3.05) is 13.7 Å². The van der Waals surface area contributed by atoms with E-state index in [-0.39, 0.29) is 6.29 Å². The van der Waals surface area contributed by atoms with Gasteiger partial charge in [0.25, 0.3) is 0 Å². The second kappa shape index (κ2) is 2.96. The van der Waals surface area contributed by atoms with E-state index in [0.29, 0.717) is 13.0 Å². The maximum absolute atomic E-state index is 9.27. The quantitative estimate of drug-likeness (QED) is 0.619. The maximum atomic E-state index is 9.27. The van der Waals surface area contributed by atoms with Gasteiger partial charge in [-0.25, -0.2) is 0 Å². The van der Waals surface area contributed by atoms with Crippen LogP contribution in [0.3, 0.4) is 0 Å². The highest BCUT2D eigenvalue weighted by atomic mass is 16.8. The maximum Gasteiger partial charge on any atom is 0.189 e. The summed E-state index contributed by atoms with van der Waals surface area (Å²) in [4.78, 5) is 0. The van der Waals surface area contributed by atoms with E-state index in [0.717, 1.165) is 12.8 Å². The van der Waals surface area contributed by atoms with Crippen LogP contribution in [0.15, 0.2) is 0 Å². The van der Waals surface area contributed by atoms with Crippen LogP contribution in [-0.4, -0.2) is 37.0 Å². The Bertz CT molecular complexity index is 172. The lowest BCUT2D eigenvalue weighted by Gasteiger charge is -2.35. The van der Waals surface area contributed by atoms with Crippen LogP contribution >= 0.6 is 0 Å². The van der Waals surface area contributed by atoms with E-state index in [4.69, 9.17) is 14.2 Å². The molecule has 0 amide bonds. The summed E-state index contributed by atoms with van der Waals surface area (Å²) < 4.78 is 15.9. The van der Waals surface area contributed by atoms with Crippen LogP contribution in [0, 0.1) is 0 Å². The second-order valence-corrected chi connectivity index (χ2v) is 3.37. The fourth-order valence-corrected chi connectivity index (χ4v) is 1.96. The number of rotatable bonds is 1. The smallest absolute Gasteiger partial charge is 0.189 e. The average molecular weight is 174 g/mol. The molecule has 3 atom stereocenters. The monoisotopic (exact) mass is 174 g/mol. The summed E-state index contributed by atoms with van der Waals surface area (Å²) in [5.74, 6) is 0. The third-order valence-electron chi connectivity index (χ3n) is 2.65. The summed E-state index contributed by atoms with van der Waals surface area (Å²) in [7, 11) is 1.64. The Morgan fingerprint density at radius 2 is 2.42 bits per heavy atom. The van der Waals surface area contributed by atoms with Crippen molar-refractivity contribution in [1.82, 2.24) is 0 Å². The van der Waals surface area contributed by atoms with Gasteiger partial charge in [0.15, 0.2) is 12.6 Å². The van der Waals surface area contributed by atoms with Crippen molar-refractivity contribution in [3.05, 3.63) is 0 Å². The number of fused-ring (bicyclic) bond motifs is 1. The Hall–Kier alpha value is -0.160. The highest BCUT2D eigenvalue weighted by Crippen LogP contribution is 2.39. The molecule has 2 heterocycles. The summed E-state index contributed by atoms with van der Waals surface area (Å²) in [6.45, 7) is 0.697. The number of hydrogen-bond donors (Lipinski definition) is 1. The molecule has 0 aromatic rings. The lowest BCUT2D eigenvalue weighted by Crippen LogP contribution is -2.45. The fraction of sp³-hybridized carbons (Fsp3) is 1.00. The zero-order chi connectivity index (χ0) is 8.60. The molecule has 0 aromatic heterocycles. The molecule has 0 aromatic carbocycles. The minimum atomic E-state index is -0.729. The van der Waals surface area contributed by atoms with Crippen molar-refractivity contribution in [2.24, 2.45) is 0 Å². The summed E-state index contributed by atoms with van der Waals surface area (Å²) in [5.41, 5.74) is -0.391. The van der Waals surface area contributed by atoms with E-state index in [9.17, 15) is 5.11 Å². The zero-order valence-electron chi connectivity index (χ0n) is 7.16. The van der Waals surface area contributed by atoms with Crippen molar-refractivity contribution in [3.63, 3.8) is 0 Å². The highest BCUT2D eigenvalue weighted by molar-refractivity contribution is 4.92. The molecule has 2 saturated heterocycles. The van der Waals surface area contributed by atoms with Crippen LogP contribution < -0.4 is 0 Å². The Kier molecular flexibility index (Phi) is 2.08. The Labute approximate surface area is 71.4 Å². The molecule has 4 nitrogen and oxygen atoms in total. The topological polar surface area (TPSA) is 47.9 Å². The number of hydrogen-bond acceptors (Lipinski definition) is 4. The highest BCUT2D eigenvalue weighted by Gasteiger charge is 2.51. The molecular formula is C8H14O4. The molecule has 0 spiro atoms. The van der Waals surface area contributed by atoms with Gasteiger partial charge >= 0.3 is 0 Å². The zero-order valence-corrected chi connectivity index (χ0v) is 7.16. The first-order chi connectivity index (χ1) is 5.77. The third-order valence-corrected chi connectivity index (χ3v) is 2.65. The number of ether oxygens (including phenoxy) is 3. The predicted octanol–water partition coefficient (Wildman–Crippen LogP) is 0.247. The van der Waals surface area contributed by atoms with E-state index in [2.05, 4.69) is 0 Å². The van der Waals surface area contributed by atoms with Gasteiger partial charge in [-0.15, -0.1) is 0 Å². The van der Waals surface area contributed by atoms with Crippen molar-refractivity contribution in [1.29, 1.82) is 0 Å². The molecule has 0 bridgehead atoms. The van der Waals surface area contributed by atoms with E-state index < -0.39 is 11.9 Å². The molecule has 0 saturated carbocycles. The van der Waals surface area contributed by atoms with Crippen LogP contribution in [-0.2, 0) is 14.2 Å². The van der Waals surface area contributed by atoms with Crippen molar-refractivity contribution >= 4 is 0 Å². The minimum absolute atomic E-state index is 0.369. The molecule has 2 rings (SSSR count). The summed E-state index contributed by atoms with van der Waals surface area (Å²) in [6, 6.07) is 0. The van der Waals surface area contributed by atoms with Gasteiger partial charge in [0, 0.05) is 20.1 Å². The first-order valence-corrected chi connectivity index (χ1v) is 4.27. The SMILES string of the molecule is COC12CCCOC1OC(O)C2. The van der Waals surface area contributed by atoms with Gasteiger partial charge in [-0.05, 0) is 12.8 Å². The lowest BCUT2D eigenvalue weighted by atomic mass is 9.93. The van der Waals surface area contributed by atoms with Crippen molar-refractivity contribution in [2.45, 2.75) is 37.4 Å². The first kappa shape index (κ1) is 8.44. The minimum Gasteiger partial charge on any atom is -0.373 e. The Morgan fingerprint density at radius 1 is 1.58 bits per heavy atom. The molecule has 1 N–H and O–H groups in total. The number of methoxy groups -OCH3 is 1. The summed E-state index contributed by atoms with van der Waals surface area (Å²) in [6.07, 6.45) is 1.30. The normalized spacial score (nSPS) is 47.5. The Morgan fingerprint density at radius 3 is 3.08 bits per heavy atom. The van der Waals surface area contributed by atoms with Crippen LogP contribution in [0.1, 0.15) is 19.3 Å². The van der Waals surface area contributed by atoms with Crippen molar-refractivity contribution in [3.8, 4) is 0 Å². The molecular weight excluding hydrogens is 160 g/mol. The number of aliphatic hydroxyl groups is 1. The molecule has 4 heteroatoms. The van der Waals surface area contributed by atoms with E-state index in [1.54, 1.807) is 7.11 Å². The van der Waals surface area contributed by atoms with Gasteiger partial charge in [-0.1, -0.05) is 0 Å². The predicted molar refractivity (Wildman–Crippen MR) is 40.4 cm³/mol. The summed E-state index contributed by atoms with van der Waals surface area (Å²) in [5, 5.41) is 9.27. The van der Waals surface area contributed by atoms with Gasteiger partial charge in [-0.3, -0.25) is 0 Å². The van der Waals surface area contributed by atoms with Crippen LogP contribution in [0.25, 0.3) is 0 Å². The lowest BCUT2D eigenvalue weighted by molar-refractivity contribution is -0.247. The molecule has 2 fully saturated rings. The van der Waals surface area contributed by atoms with Gasteiger partial charge in [0.2, 0.25) is 0 Å². The van der Waals surface area contributed by atoms with E-state index in [1.165, 1.54) is 0 Å². The molecule has 70 valence electrons. The van der Waals surface area contributed by atoms with Gasteiger partial charge in [0.05, 0.1) is 0 Å².